The Morgan fingerprint density at radius 3 is 3.00 bits per heavy atom. The minimum Gasteiger partial charge on any atom is -0.376 e. The Kier molecular flexibility index (Phi) is 4.57. The smallest absolute Gasteiger partial charge is 0.134 e. The molecule has 0 radical (unpaired) electrons. The highest BCUT2D eigenvalue weighted by molar-refractivity contribution is 6.30. The number of nitrogens with zero attached hydrogens (tertiary/aromatic N) is 1. The van der Waals surface area contributed by atoms with E-state index in [4.69, 9.17) is 16.3 Å². The molecule has 1 aliphatic carbocycles. The topological polar surface area (TPSA) is 22.1 Å². The van der Waals surface area contributed by atoms with Crippen LogP contribution in [0.4, 0.5) is 0 Å². The zero-order valence-corrected chi connectivity index (χ0v) is 10.9. The molecule has 0 spiro atoms. The van der Waals surface area contributed by atoms with Gasteiger partial charge >= 0.3 is 0 Å². The molecular formula is C14H18ClNO. The third kappa shape index (κ3) is 3.55. The number of hydrogen-bond donors (Lipinski definition) is 0. The van der Waals surface area contributed by atoms with E-state index < -0.39 is 0 Å². The lowest BCUT2D eigenvalue weighted by atomic mass is 9.85. The zero-order chi connectivity index (χ0) is 12.1. The molecule has 0 bridgehead atoms. The van der Waals surface area contributed by atoms with Crippen molar-refractivity contribution >= 4 is 11.6 Å². The fourth-order valence-corrected chi connectivity index (χ4v) is 2.26. The van der Waals surface area contributed by atoms with E-state index in [1.807, 2.05) is 12.1 Å². The molecule has 17 heavy (non-hydrogen) atoms. The molecular weight excluding hydrogens is 234 g/mol. The van der Waals surface area contributed by atoms with Crippen molar-refractivity contribution in [3.8, 4) is 0 Å². The average Bonchev–Trinajstić information content (AvgIpc) is 2.34. The lowest BCUT2D eigenvalue weighted by Gasteiger charge is -2.24. The number of rotatable bonds is 4. The molecule has 0 amide bonds. The van der Waals surface area contributed by atoms with E-state index in [2.05, 4.69) is 24.1 Å². The molecule has 92 valence electrons. The number of aromatic nitrogens is 1. The number of halogens is 1. The van der Waals surface area contributed by atoms with Gasteiger partial charge < -0.3 is 4.74 Å². The van der Waals surface area contributed by atoms with Crippen molar-refractivity contribution in [3.05, 3.63) is 41.2 Å². The lowest BCUT2D eigenvalue weighted by molar-refractivity contribution is 0.0679. The van der Waals surface area contributed by atoms with E-state index >= 15 is 0 Å². The summed E-state index contributed by atoms with van der Waals surface area (Å²) in [5, 5.41) is 0.545. The summed E-state index contributed by atoms with van der Waals surface area (Å²) in [6.45, 7) is 3.64. The molecule has 0 aromatic carbocycles. The van der Waals surface area contributed by atoms with Crippen molar-refractivity contribution in [2.24, 2.45) is 11.8 Å². The highest BCUT2D eigenvalue weighted by atomic mass is 35.5. The van der Waals surface area contributed by atoms with Gasteiger partial charge in [-0.1, -0.05) is 36.7 Å². The van der Waals surface area contributed by atoms with Gasteiger partial charge in [-0.25, -0.2) is 4.98 Å². The summed E-state index contributed by atoms with van der Waals surface area (Å²) < 4.78 is 5.75. The van der Waals surface area contributed by atoms with Gasteiger partial charge in [0, 0.05) is 11.8 Å². The molecule has 0 saturated heterocycles. The predicted molar refractivity (Wildman–Crippen MR) is 69.9 cm³/mol. The molecule has 0 N–H and O–H groups in total. The SMILES string of the molecule is CC1CC=CCC1COCc1cccnc1Cl. The molecule has 0 aliphatic heterocycles. The van der Waals surface area contributed by atoms with Crippen LogP contribution in [-0.2, 0) is 11.3 Å². The zero-order valence-electron chi connectivity index (χ0n) is 10.1. The first-order valence-electron chi connectivity index (χ1n) is 6.09. The van der Waals surface area contributed by atoms with Crippen LogP contribution in [0.5, 0.6) is 0 Å². The highest BCUT2D eigenvalue weighted by Gasteiger charge is 2.18. The first kappa shape index (κ1) is 12.6. The van der Waals surface area contributed by atoms with Crippen molar-refractivity contribution in [2.75, 3.05) is 6.61 Å². The molecule has 2 nitrogen and oxygen atoms in total. The van der Waals surface area contributed by atoms with Crippen LogP contribution < -0.4 is 0 Å². The maximum absolute atomic E-state index is 5.97. The minimum absolute atomic E-state index is 0.545. The van der Waals surface area contributed by atoms with Crippen LogP contribution in [0.1, 0.15) is 25.3 Å². The second-order valence-electron chi connectivity index (χ2n) is 4.65. The van der Waals surface area contributed by atoms with E-state index in [0.717, 1.165) is 18.6 Å². The van der Waals surface area contributed by atoms with E-state index in [1.54, 1.807) is 6.20 Å². The Bertz CT molecular complexity index is 392. The molecule has 0 fully saturated rings. The van der Waals surface area contributed by atoms with Crippen molar-refractivity contribution in [1.29, 1.82) is 0 Å². The normalized spacial score (nSPS) is 23.9. The van der Waals surface area contributed by atoms with Crippen LogP contribution in [0.3, 0.4) is 0 Å². The molecule has 1 aromatic heterocycles. The first-order chi connectivity index (χ1) is 8.27. The number of ether oxygens (including phenoxy) is 1. The van der Waals surface area contributed by atoms with E-state index in [-0.39, 0.29) is 0 Å². The molecule has 2 atom stereocenters. The summed E-state index contributed by atoms with van der Waals surface area (Å²) in [6, 6.07) is 3.84. The molecule has 2 rings (SSSR count). The fraction of sp³-hybridized carbons (Fsp3) is 0.500. The van der Waals surface area contributed by atoms with E-state index in [9.17, 15) is 0 Å². The lowest BCUT2D eigenvalue weighted by Crippen LogP contribution is -2.19. The molecule has 0 saturated carbocycles. The second-order valence-corrected chi connectivity index (χ2v) is 5.01. The molecule has 3 heteroatoms. The van der Waals surface area contributed by atoms with Gasteiger partial charge in [-0.3, -0.25) is 0 Å². The maximum Gasteiger partial charge on any atom is 0.134 e. The number of hydrogen-bond acceptors (Lipinski definition) is 2. The van der Waals surface area contributed by atoms with Gasteiger partial charge in [0.1, 0.15) is 5.15 Å². The van der Waals surface area contributed by atoms with Crippen LogP contribution in [0, 0.1) is 11.8 Å². The quantitative estimate of drug-likeness (QED) is 0.599. The van der Waals surface area contributed by atoms with Gasteiger partial charge in [0.15, 0.2) is 0 Å². The second kappa shape index (κ2) is 6.18. The summed E-state index contributed by atoms with van der Waals surface area (Å²) in [4.78, 5) is 4.03. The van der Waals surface area contributed by atoms with Crippen LogP contribution >= 0.6 is 11.6 Å². The third-order valence-corrected chi connectivity index (χ3v) is 3.68. The Labute approximate surface area is 108 Å². The molecule has 1 heterocycles. The van der Waals surface area contributed by atoms with Gasteiger partial charge in [0.25, 0.3) is 0 Å². The average molecular weight is 252 g/mol. The summed E-state index contributed by atoms with van der Waals surface area (Å²) in [6.07, 6.45) is 8.51. The summed E-state index contributed by atoms with van der Waals surface area (Å²) >= 11 is 5.97. The van der Waals surface area contributed by atoms with E-state index in [1.165, 1.54) is 6.42 Å². The van der Waals surface area contributed by atoms with Gasteiger partial charge in [-0.15, -0.1) is 0 Å². The molecule has 1 aliphatic rings. The minimum atomic E-state index is 0.545. The monoisotopic (exact) mass is 251 g/mol. The van der Waals surface area contributed by atoms with E-state index in [0.29, 0.717) is 23.6 Å². The summed E-state index contributed by atoms with van der Waals surface area (Å²) in [5.41, 5.74) is 0.966. The predicted octanol–water partition coefficient (Wildman–Crippen LogP) is 3.85. The van der Waals surface area contributed by atoms with Crippen molar-refractivity contribution in [2.45, 2.75) is 26.4 Å². The fourth-order valence-electron chi connectivity index (χ4n) is 2.09. The third-order valence-electron chi connectivity index (χ3n) is 3.34. The Morgan fingerprint density at radius 1 is 1.41 bits per heavy atom. The summed E-state index contributed by atoms with van der Waals surface area (Å²) in [5.74, 6) is 1.35. The van der Waals surface area contributed by atoms with Crippen molar-refractivity contribution in [1.82, 2.24) is 4.98 Å². The highest BCUT2D eigenvalue weighted by Crippen LogP contribution is 2.25. The van der Waals surface area contributed by atoms with Gasteiger partial charge in [0.05, 0.1) is 13.2 Å². The Morgan fingerprint density at radius 2 is 2.24 bits per heavy atom. The number of allylic oxidation sites excluding steroid dienone is 2. The summed E-state index contributed by atoms with van der Waals surface area (Å²) in [7, 11) is 0. The van der Waals surface area contributed by atoms with Crippen LogP contribution in [0.25, 0.3) is 0 Å². The van der Waals surface area contributed by atoms with Crippen LogP contribution in [0.2, 0.25) is 5.15 Å². The standard InChI is InChI=1S/C14H18ClNO/c1-11-5-2-3-6-12(11)9-17-10-13-7-4-8-16-14(13)15/h2-4,7-8,11-12H,5-6,9-10H2,1H3. The molecule has 2 unspecified atom stereocenters. The van der Waals surface area contributed by atoms with Crippen molar-refractivity contribution in [3.63, 3.8) is 0 Å². The van der Waals surface area contributed by atoms with Crippen molar-refractivity contribution < 1.29 is 4.74 Å². The van der Waals surface area contributed by atoms with Gasteiger partial charge in [-0.05, 0) is 30.7 Å². The van der Waals surface area contributed by atoms with Crippen LogP contribution in [0.15, 0.2) is 30.5 Å². The molecule has 1 aromatic rings. The number of pyridine rings is 1. The van der Waals surface area contributed by atoms with Crippen LogP contribution in [-0.4, -0.2) is 11.6 Å². The Hall–Kier alpha value is -0.860. The first-order valence-corrected chi connectivity index (χ1v) is 6.47. The Balaban J connectivity index is 1.80. The largest absolute Gasteiger partial charge is 0.376 e. The van der Waals surface area contributed by atoms with Gasteiger partial charge in [-0.2, -0.15) is 0 Å². The van der Waals surface area contributed by atoms with Gasteiger partial charge in [0.2, 0.25) is 0 Å². The maximum atomic E-state index is 5.97.